The number of nitrogens with zero attached hydrogens (tertiary/aromatic N) is 3. The highest BCUT2D eigenvalue weighted by molar-refractivity contribution is 5.86. The molecule has 138 valence electrons. The van der Waals surface area contributed by atoms with Gasteiger partial charge in [0, 0.05) is 28.4 Å². The first-order chi connectivity index (χ1) is 14.7. The predicted octanol–water partition coefficient (Wildman–Crippen LogP) is 5.23. The molecule has 0 spiro atoms. The number of aryl methyl sites for hydroxylation is 3. The zero-order chi connectivity index (χ0) is 21.9. The van der Waals surface area contributed by atoms with Gasteiger partial charge in [-0.3, -0.25) is 0 Å². The number of aromatic nitrogens is 3. The Morgan fingerprint density at radius 3 is 2.64 bits per heavy atom. The molecule has 0 saturated carbocycles. The van der Waals surface area contributed by atoms with Crippen LogP contribution >= 0.6 is 0 Å². The Hall–Kier alpha value is -3.20. The molecule has 0 fully saturated rings. The van der Waals surface area contributed by atoms with E-state index >= 15 is 0 Å². The first-order valence-corrected chi connectivity index (χ1v) is 9.51. The van der Waals surface area contributed by atoms with Gasteiger partial charge in [0.15, 0.2) is 6.20 Å². The standard InChI is InChI=1S/C25H24N3/c1-16-10-25-26-22-11-17(2)21(13-24(22)28(25)14-16)23-12-20(18(3)15-27(23)4)19-8-6-5-7-9-19/h5-9,11-15H,10H2,1-4H3/q+1/i3D3. The van der Waals surface area contributed by atoms with Crippen molar-refractivity contribution in [1.82, 2.24) is 9.55 Å². The normalized spacial score (nSPS) is 15.1. The summed E-state index contributed by atoms with van der Waals surface area (Å²) in [6.07, 6.45) is 4.78. The third-order valence-corrected chi connectivity index (χ3v) is 5.53. The van der Waals surface area contributed by atoms with Crippen molar-refractivity contribution in [2.24, 2.45) is 7.05 Å². The molecule has 3 heteroatoms. The minimum absolute atomic E-state index is 0.354. The molecular weight excluding hydrogens is 342 g/mol. The topological polar surface area (TPSA) is 21.7 Å². The van der Waals surface area contributed by atoms with E-state index in [1.54, 1.807) is 6.20 Å². The minimum atomic E-state index is -2.20. The first-order valence-electron chi connectivity index (χ1n) is 11.0. The van der Waals surface area contributed by atoms with Crippen molar-refractivity contribution in [3.63, 3.8) is 0 Å². The van der Waals surface area contributed by atoms with Crippen LogP contribution in [0, 0.1) is 13.8 Å². The summed E-state index contributed by atoms with van der Waals surface area (Å²) in [5.41, 5.74) is 8.52. The van der Waals surface area contributed by atoms with Gasteiger partial charge in [-0.25, -0.2) is 9.55 Å². The molecule has 3 nitrogen and oxygen atoms in total. The fraction of sp³-hybridized carbons (Fsp3) is 0.200. The highest BCUT2D eigenvalue weighted by Crippen LogP contribution is 2.32. The number of imidazole rings is 1. The summed E-state index contributed by atoms with van der Waals surface area (Å²) in [4.78, 5) is 4.80. The molecule has 1 aliphatic heterocycles. The SMILES string of the molecule is [2H]C([2H])([2H])c1c[n+](C)c(-c2cc3c(cc2C)nc2n3C=C(C)C2)cc1-c1ccccc1. The van der Waals surface area contributed by atoms with Crippen LogP contribution in [0.25, 0.3) is 39.6 Å². The number of fused-ring (bicyclic) bond motifs is 3. The molecule has 0 N–H and O–H groups in total. The second-order valence-corrected chi connectivity index (χ2v) is 7.67. The lowest BCUT2D eigenvalue weighted by atomic mass is 9.97. The average Bonchev–Trinajstić information content (AvgIpc) is 3.22. The fourth-order valence-electron chi connectivity index (χ4n) is 4.13. The molecule has 28 heavy (non-hydrogen) atoms. The van der Waals surface area contributed by atoms with E-state index in [0.717, 1.165) is 51.2 Å². The van der Waals surface area contributed by atoms with Crippen molar-refractivity contribution in [3.05, 3.63) is 77.3 Å². The molecule has 5 rings (SSSR count). The molecule has 0 atom stereocenters. The lowest BCUT2D eigenvalue weighted by Gasteiger charge is -2.10. The van der Waals surface area contributed by atoms with Gasteiger partial charge in [-0.15, -0.1) is 0 Å². The van der Waals surface area contributed by atoms with Crippen molar-refractivity contribution in [2.45, 2.75) is 27.1 Å². The van der Waals surface area contributed by atoms with E-state index in [1.807, 2.05) is 48.0 Å². The van der Waals surface area contributed by atoms with Gasteiger partial charge in [0.2, 0.25) is 5.69 Å². The minimum Gasteiger partial charge on any atom is -0.303 e. The number of rotatable bonds is 2. The molecule has 2 aromatic carbocycles. The van der Waals surface area contributed by atoms with Crippen LogP contribution in [0.5, 0.6) is 0 Å². The number of benzene rings is 2. The zero-order valence-corrected chi connectivity index (χ0v) is 16.3. The fourth-order valence-corrected chi connectivity index (χ4v) is 4.13. The second kappa shape index (κ2) is 6.16. The molecule has 0 saturated heterocycles. The third-order valence-electron chi connectivity index (χ3n) is 5.53. The van der Waals surface area contributed by atoms with Crippen LogP contribution in [0.3, 0.4) is 0 Å². The molecule has 0 unspecified atom stereocenters. The van der Waals surface area contributed by atoms with Crippen LogP contribution in [0.1, 0.15) is 28.0 Å². The van der Waals surface area contributed by atoms with E-state index in [4.69, 9.17) is 9.10 Å². The van der Waals surface area contributed by atoms with Crippen LogP contribution in [0.2, 0.25) is 0 Å². The highest BCUT2D eigenvalue weighted by Gasteiger charge is 2.21. The quantitative estimate of drug-likeness (QED) is 0.444. The lowest BCUT2D eigenvalue weighted by molar-refractivity contribution is -0.660. The van der Waals surface area contributed by atoms with Crippen LogP contribution < -0.4 is 4.57 Å². The summed E-state index contributed by atoms with van der Waals surface area (Å²) < 4.78 is 28.3. The molecule has 2 aromatic heterocycles. The van der Waals surface area contributed by atoms with Gasteiger partial charge >= 0.3 is 0 Å². The molecule has 1 aliphatic rings. The van der Waals surface area contributed by atoms with E-state index < -0.39 is 6.85 Å². The summed E-state index contributed by atoms with van der Waals surface area (Å²) >= 11 is 0. The number of hydrogen-bond acceptors (Lipinski definition) is 1. The van der Waals surface area contributed by atoms with Gasteiger partial charge in [-0.2, -0.15) is 0 Å². The maximum Gasteiger partial charge on any atom is 0.213 e. The molecule has 3 heterocycles. The maximum absolute atomic E-state index is 8.07. The molecule has 0 radical (unpaired) electrons. The Bertz CT molecular complexity index is 1360. The maximum atomic E-state index is 8.07. The van der Waals surface area contributed by atoms with Crippen LogP contribution in [-0.2, 0) is 13.5 Å². The molecule has 0 bridgehead atoms. The smallest absolute Gasteiger partial charge is 0.213 e. The van der Waals surface area contributed by atoms with E-state index in [1.165, 1.54) is 5.57 Å². The van der Waals surface area contributed by atoms with Crippen molar-refractivity contribution >= 4 is 17.2 Å². The Morgan fingerprint density at radius 1 is 1.04 bits per heavy atom. The zero-order valence-electron chi connectivity index (χ0n) is 19.3. The van der Waals surface area contributed by atoms with Gasteiger partial charge < -0.3 is 4.57 Å². The Morgan fingerprint density at radius 2 is 1.86 bits per heavy atom. The van der Waals surface area contributed by atoms with E-state index in [2.05, 4.69) is 36.7 Å². The molecule has 4 aromatic rings. The summed E-state index contributed by atoms with van der Waals surface area (Å²) in [6.45, 7) is 2.00. The third kappa shape index (κ3) is 2.58. The van der Waals surface area contributed by atoms with E-state index in [-0.39, 0.29) is 0 Å². The van der Waals surface area contributed by atoms with Crippen molar-refractivity contribution in [3.8, 4) is 22.4 Å². The Kier molecular flexibility index (Phi) is 3.06. The summed E-state index contributed by atoms with van der Waals surface area (Å²) in [6, 6.07) is 16.0. The van der Waals surface area contributed by atoms with Crippen molar-refractivity contribution in [1.29, 1.82) is 0 Å². The monoisotopic (exact) mass is 369 g/mol. The summed E-state index contributed by atoms with van der Waals surface area (Å²) in [5.74, 6) is 1.07. The van der Waals surface area contributed by atoms with Crippen molar-refractivity contribution < 1.29 is 8.68 Å². The van der Waals surface area contributed by atoms with Gasteiger partial charge in [0.25, 0.3) is 0 Å². The Balaban J connectivity index is 1.77. The molecule has 0 aliphatic carbocycles. The Labute approximate surface area is 169 Å². The highest BCUT2D eigenvalue weighted by atomic mass is 15.1. The van der Waals surface area contributed by atoms with E-state index in [9.17, 15) is 0 Å². The van der Waals surface area contributed by atoms with Crippen LogP contribution in [-0.4, -0.2) is 9.55 Å². The van der Waals surface area contributed by atoms with Crippen LogP contribution in [0.4, 0.5) is 0 Å². The largest absolute Gasteiger partial charge is 0.303 e. The summed E-state index contributed by atoms with van der Waals surface area (Å²) in [7, 11) is 1.91. The predicted molar refractivity (Wildman–Crippen MR) is 115 cm³/mol. The van der Waals surface area contributed by atoms with Crippen molar-refractivity contribution in [2.75, 3.05) is 0 Å². The summed E-state index contributed by atoms with van der Waals surface area (Å²) in [5, 5.41) is 0. The lowest BCUT2D eigenvalue weighted by Crippen LogP contribution is -2.31. The van der Waals surface area contributed by atoms with Gasteiger partial charge in [-0.05, 0) is 55.1 Å². The number of hydrogen-bond donors (Lipinski definition) is 0. The van der Waals surface area contributed by atoms with Gasteiger partial charge in [0.1, 0.15) is 12.9 Å². The van der Waals surface area contributed by atoms with E-state index in [0.29, 0.717) is 5.56 Å². The van der Waals surface area contributed by atoms with Crippen LogP contribution in [0.15, 0.2) is 60.3 Å². The average molecular weight is 370 g/mol. The molecular formula is C25H24N3+. The van der Waals surface area contributed by atoms with Gasteiger partial charge in [0.05, 0.1) is 16.6 Å². The molecule has 0 amide bonds. The second-order valence-electron chi connectivity index (χ2n) is 7.67. The number of pyridine rings is 1. The van der Waals surface area contributed by atoms with Gasteiger partial charge in [-0.1, -0.05) is 30.3 Å². The first kappa shape index (κ1) is 13.9. The number of allylic oxidation sites excluding steroid dienone is 1.